The molecule has 1 aliphatic rings. The molecule has 4 heterocycles. The van der Waals surface area contributed by atoms with Crippen LogP contribution in [0, 0.1) is 0 Å². The molecule has 0 radical (unpaired) electrons. The Labute approximate surface area is 149 Å². The van der Waals surface area contributed by atoms with Crippen LogP contribution in [0.1, 0.15) is 10.7 Å². The van der Waals surface area contributed by atoms with E-state index in [0.717, 1.165) is 58.9 Å². The second-order valence-corrected chi connectivity index (χ2v) is 7.58. The highest BCUT2D eigenvalue weighted by Crippen LogP contribution is 2.31. The summed E-state index contributed by atoms with van der Waals surface area (Å²) in [7, 11) is 0. The SMILES string of the molecule is FC(F)(F)c1csc(CN2CCN(c3ncnc4ccsc34)CC2)n1. The van der Waals surface area contributed by atoms with Crippen LogP contribution in [0.4, 0.5) is 19.0 Å². The number of rotatable bonds is 3. The minimum absolute atomic E-state index is 0.451. The lowest BCUT2D eigenvalue weighted by Gasteiger charge is -2.35. The first-order valence-corrected chi connectivity index (χ1v) is 9.44. The van der Waals surface area contributed by atoms with Crippen LogP contribution in [-0.4, -0.2) is 46.0 Å². The summed E-state index contributed by atoms with van der Waals surface area (Å²) in [6.07, 6.45) is -2.79. The summed E-state index contributed by atoms with van der Waals surface area (Å²) in [6.45, 7) is 3.53. The minimum atomic E-state index is -4.37. The number of alkyl halides is 3. The molecule has 25 heavy (non-hydrogen) atoms. The predicted molar refractivity (Wildman–Crippen MR) is 92.0 cm³/mol. The lowest BCUT2D eigenvalue weighted by atomic mass is 10.3. The summed E-state index contributed by atoms with van der Waals surface area (Å²) in [6, 6.07) is 1.97. The Morgan fingerprint density at radius 3 is 2.60 bits per heavy atom. The van der Waals surface area contributed by atoms with Crippen molar-refractivity contribution in [3.05, 3.63) is 33.9 Å². The molecule has 3 aromatic heterocycles. The summed E-state index contributed by atoms with van der Waals surface area (Å²) in [4.78, 5) is 16.7. The van der Waals surface area contributed by atoms with Crippen molar-refractivity contribution >= 4 is 38.7 Å². The van der Waals surface area contributed by atoms with Crippen LogP contribution in [0.25, 0.3) is 10.2 Å². The molecule has 1 saturated heterocycles. The van der Waals surface area contributed by atoms with Gasteiger partial charge in [-0.15, -0.1) is 22.7 Å². The molecule has 10 heteroatoms. The van der Waals surface area contributed by atoms with Crippen molar-refractivity contribution in [2.75, 3.05) is 31.1 Å². The molecule has 4 rings (SSSR count). The summed E-state index contributed by atoms with van der Waals surface area (Å²) in [5.41, 5.74) is 0.145. The predicted octanol–water partition coefficient (Wildman–Crippen LogP) is 3.49. The number of anilines is 1. The number of hydrogen-bond donors (Lipinski definition) is 0. The Kier molecular flexibility index (Phi) is 4.34. The van der Waals surface area contributed by atoms with Crippen molar-refractivity contribution in [3.63, 3.8) is 0 Å². The average Bonchev–Trinajstić information content (AvgIpc) is 3.23. The fourth-order valence-corrected chi connectivity index (χ4v) is 4.53. The highest BCUT2D eigenvalue weighted by Gasteiger charge is 2.34. The quantitative estimate of drug-likeness (QED) is 0.691. The number of hydrogen-bond acceptors (Lipinski definition) is 7. The highest BCUT2D eigenvalue weighted by molar-refractivity contribution is 7.17. The van der Waals surface area contributed by atoms with Gasteiger partial charge in [-0.1, -0.05) is 0 Å². The smallest absolute Gasteiger partial charge is 0.353 e. The van der Waals surface area contributed by atoms with E-state index >= 15 is 0 Å². The zero-order chi connectivity index (χ0) is 17.4. The van der Waals surface area contributed by atoms with Gasteiger partial charge in [-0.05, 0) is 11.4 Å². The zero-order valence-electron chi connectivity index (χ0n) is 13.0. The Bertz CT molecular complexity index is 867. The molecule has 0 N–H and O–H groups in total. The van der Waals surface area contributed by atoms with Gasteiger partial charge in [-0.2, -0.15) is 13.2 Å². The van der Waals surface area contributed by atoms with Gasteiger partial charge in [-0.3, -0.25) is 4.90 Å². The van der Waals surface area contributed by atoms with E-state index in [4.69, 9.17) is 0 Å². The van der Waals surface area contributed by atoms with Gasteiger partial charge in [0.1, 0.15) is 17.2 Å². The molecule has 0 aliphatic carbocycles. The number of thiophene rings is 1. The highest BCUT2D eigenvalue weighted by atomic mass is 32.1. The zero-order valence-corrected chi connectivity index (χ0v) is 14.7. The number of aromatic nitrogens is 3. The third kappa shape index (κ3) is 3.46. The van der Waals surface area contributed by atoms with Crippen molar-refractivity contribution in [1.82, 2.24) is 19.9 Å². The maximum Gasteiger partial charge on any atom is 0.434 e. The molecule has 5 nitrogen and oxygen atoms in total. The van der Waals surface area contributed by atoms with Gasteiger partial charge in [0.25, 0.3) is 0 Å². The van der Waals surface area contributed by atoms with Crippen molar-refractivity contribution in [1.29, 1.82) is 0 Å². The fourth-order valence-electron chi connectivity index (χ4n) is 2.82. The van der Waals surface area contributed by atoms with E-state index in [1.54, 1.807) is 17.7 Å². The fraction of sp³-hybridized carbons (Fsp3) is 0.400. The summed E-state index contributed by atoms with van der Waals surface area (Å²) >= 11 is 2.69. The molecule has 1 fully saturated rings. The molecule has 0 bridgehead atoms. The normalized spacial score (nSPS) is 16.7. The number of piperazine rings is 1. The molecule has 0 unspecified atom stereocenters. The third-order valence-corrected chi connectivity index (χ3v) is 5.83. The Morgan fingerprint density at radius 2 is 1.88 bits per heavy atom. The van der Waals surface area contributed by atoms with Gasteiger partial charge < -0.3 is 4.90 Å². The minimum Gasteiger partial charge on any atom is -0.353 e. The van der Waals surface area contributed by atoms with Gasteiger partial charge in [0.15, 0.2) is 5.69 Å². The molecule has 0 saturated carbocycles. The van der Waals surface area contributed by atoms with Gasteiger partial charge in [-0.25, -0.2) is 15.0 Å². The topological polar surface area (TPSA) is 45.2 Å². The molecule has 0 amide bonds. The van der Waals surface area contributed by atoms with Gasteiger partial charge in [0.05, 0.1) is 16.8 Å². The second-order valence-electron chi connectivity index (χ2n) is 5.72. The Hall–Kier alpha value is -1.78. The van der Waals surface area contributed by atoms with Crippen LogP contribution in [0.3, 0.4) is 0 Å². The first-order chi connectivity index (χ1) is 12.0. The molecule has 0 aromatic carbocycles. The molecule has 0 spiro atoms. The summed E-state index contributed by atoms with van der Waals surface area (Å²) in [5.74, 6) is 0.938. The standard InChI is InChI=1S/C15H14F3N5S2/c16-15(17,18)11-8-25-12(21-11)7-22-2-4-23(5-3-22)14-13-10(1-6-24-13)19-9-20-14/h1,6,8-9H,2-5,7H2. The number of thiazole rings is 1. The van der Waals surface area contributed by atoms with E-state index in [9.17, 15) is 13.2 Å². The van der Waals surface area contributed by atoms with Crippen LogP contribution < -0.4 is 4.90 Å². The van der Waals surface area contributed by atoms with Gasteiger partial charge >= 0.3 is 6.18 Å². The van der Waals surface area contributed by atoms with Crippen molar-refractivity contribution in [2.45, 2.75) is 12.7 Å². The van der Waals surface area contributed by atoms with Crippen LogP contribution >= 0.6 is 22.7 Å². The maximum atomic E-state index is 12.6. The van der Waals surface area contributed by atoms with Crippen LogP contribution in [0.2, 0.25) is 0 Å². The van der Waals surface area contributed by atoms with E-state index in [1.165, 1.54) is 0 Å². The number of nitrogens with zero attached hydrogens (tertiary/aromatic N) is 5. The third-order valence-electron chi connectivity index (χ3n) is 4.10. The monoisotopic (exact) mass is 385 g/mol. The van der Waals surface area contributed by atoms with E-state index in [-0.39, 0.29) is 0 Å². The Balaban J connectivity index is 1.40. The van der Waals surface area contributed by atoms with Crippen molar-refractivity contribution in [3.8, 4) is 0 Å². The van der Waals surface area contributed by atoms with E-state index in [0.29, 0.717) is 11.6 Å². The van der Waals surface area contributed by atoms with E-state index < -0.39 is 11.9 Å². The van der Waals surface area contributed by atoms with Crippen molar-refractivity contribution in [2.24, 2.45) is 0 Å². The van der Waals surface area contributed by atoms with Crippen molar-refractivity contribution < 1.29 is 13.2 Å². The average molecular weight is 385 g/mol. The van der Waals surface area contributed by atoms with Gasteiger partial charge in [0, 0.05) is 31.6 Å². The van der Waals surface area contributed by atoms with Crippen LogP contribution in [0.5, 0.6) is 0 Å². The number of fused-ring (bicyclic) bond motifs is 1. The lowest BCUT2D eigenvalue weighted by molar-refractivity contribution is -0.140. The number of halogens is 3. The molecular weight excluding hydrogens is 371 g/mol. The van der Waals surface area contributed by atoms with Crippen LogP contribution in [-0.2, 0) is 12.7 Å². The first kappa shape index (κ1) is 16.7. The van der Waals surface area contributed by atoms with Gasteiger partial charge in [0.2, 0.25) is 0 Å². The summed E-state index contributed by atoms with van der Waals surface area (Å²) in [5, 5.41) is 3.59. The molecule has 3 aromatic rings. The molecule has 0 atom stereocenters. The molecule has 132 valence electrons. The Morgan fingerprint density at radius 1 is 1.08 bits per heavy atom. The summed E-state index contributed by atoms with van der Waals surface area (Å²) < 4.78 is 39.0. The van der Waals surface area contributed by atoms with Crippen LogP contribution in [0.15, 0.2) is 23.2 Å². The maximum absolute atomic E-state index is 12.6. The molecular formula is C15H14F3N5S2. The molecule has 1 aliphatic heterocycles. The first-order valence-electron chi connectivity index (χ1n) is 7.68. The van der Waals surface area contributed by atoms with E-state index in [2.05, 4.69) is 24.8 Å². The van der Waals surface area contributed by atoms with E-state index in [1.807, 2.05) is 11.4 Å². The largest absolute Gasteiger partial charge is 0.434 e. The second kappa shape index (κ2) is 6.50. The lowest BCUT2D eigenvalue weighted by Crippen LogP contribution is -2.46.